The predicted molar refractivity (Wildman–Crippen MR) is 73.8 cm³/mol. The van der Waals surface area contributed by atoms with Gasteiger partial charge in [-0.1, -0.05) is 0 Å². The summed E-state index contributed by atoms with van der Waals surface area (Å²) in [5.41, 5.74) is 0. The molecule has 0 bridgehead atoms. The summed E-state index contributed by atoms with van der Waals surface area (Å²) in [5, 5.41) is 3.58. The molecule has 3 fully saturated rings. The zero-order valence-electron chi connectivity index (χ0n) is 11.6. The summed E-state index contributed by atoms with van der Waals surface area (Å²) >= 11 is 0. The van der Waals surface area contributed by atoms with E-state index in [1.165, 1.54) is 71.1 Å². The number of likely N-dealkylation sites (tertiary alicyclic amines) is 1. The Morgan fingerprint density at radius 1 is 1.06 bits per heavy atom. The van der Waals surface area contributed by atoms with Crippen molar-refractivity contribution in [3.05, 3.63) is 0 Å². The maximum absolute atomic E-state index is 5.92. The van der Waals surface area contributed by atoms with Crippen molar-refractivity contribution in [3.63, 3.8) is 0 Å². The molecule has 3 atom stereocenters. The van der Waals surface area contributed by atoms with Gasteiger partial charge in [0.15, 0.2) is 0 Å². The highest BCUT2D eigenvalue weighted by Crippen LogP contribution is 2.29. The summed E-state index contributed by atoms with van der Waals surface area (Å²) in [6.07, 6.45) is 10.1. The Labute approximate surface area is 111 Å². The fourth-order valence-electron chi connectivity index (χ4n) is 4.03. The topological polar surface area (TPSA) is 24.5 Å². The number of rotatable bonds is 3. The van der Waals surface area contributed by atoms with E-state index in [0.717, 1.165) is 18.6 Å². The first-order chi connectivity index (χ1) is 8.93. The molecule has 0 aliphatic carbocycles. The molecule has 3 saturated heterocycles. The van der Waals surface area contributed by atoms with Gasteiger partial charge in [-0.05, 0) is 70.5 Å². The Bertz CT molecular complexity index is 247. The van der Waals surface area contributed by atoms with Crippen LogP contribution in [0.1, 0.15) is 44.9 Å². The average molecular weight is 252 g/mol. The molecule has 3 nitrogen and oxygen atoms in total. The van der Waals surface area contributed by atoms with Gasteiger partial charge in [0.05, 0.1) is 6.10 Å². The van der Waals surface area contributed by atoms with E-state index in [4.69, 9.17) is 4.74 Å². The van der Waals surface area contributed by atoms with Gasteiger partial charge in [-0.3, -0.25) is 4.90 Å². The first-order valence-electron chi connectivity index (χ1n) is 8.00. The molecule has 3 unspecified atom stereocenters. The van der Waals surface area contributed by atoms with Crippen LogP contribution in [0.4, 0.5) is 0 Å². The minimum absolute atomic E-state index is 0.524. The Morgan fingerprint density at radius 3 is 2.83 bits per heavy atom. The van der Waals surface area contributed by atoms with Crippen LogP contribution in [0.2, 0.25) is 0 Å². The number of ether oxygens (including phenoxy) is 1. The number of nitrogens with one attached hydrogen (secondary N) is 1. The highest BCUT2D eigenvalue weighted by Gasteiger charge is 2.33. The smallest absolute Gasteiger partial charge is 0.0702 e. The minimum Gasteiger partial charge on any atom is -0.377 e. The van der Waals surface area contributed by atoms with Crippen LogP contribution < -0.4 is 5.32 Å². The maximum Gasteiger partial charge on any atom is 0.0702 e. The van der Waals surface area contributed by atoms with Crippen LogP contribution in [0.3, 0.4) is 0 Å². The van der Waals surface area contributed by atoms with E-state index in [0.29, 0.717) is 6.10 Å². The Balaban J connectivity index is 1.53. The molecule has 0 radical (unpaired) electrons. The lowest BCUT2D eigenvalue weighted by Crippen LogP contribution is -2.46. The van der Waals surface area contributed by atoms with Crippen LogP contribution in [0.15, 0.2) is 0 Å². The molecular weight excluding hydrogens is 224 g/mol. The second-order valence-electron chi connectivity index (χ2n) is 6.30. The Morgan fingerprint density at radius 2 is 2.06 bits per heavy atom. The highest BCUT2D eigenvalue weighted by atomic mass is 16.5. The van der Waals surface area contributed by atoms with E-state index in [1.54, 1.807) is 0 Å². The van der Waals surface area contributed by atoms with Gasteiger partial charge in [0.1, 0.15) is 0 Å². The van der Waals surface area contributed by atoms with Crippen molar-refractivity contribution in [1.29, 1.82) is 0 Å². The Hall–Kier alpha value is -0.120. The lowest BCUT2D eigenvalue weighted by Gasteiger charge is -2.36. The van der Waals surface area contributed by atoms with Crippen molar-refractivity contribution in [3.8, 4) is 0 Å². The van der Waals surface area contributed by atoms with Crippen LogP contribution in [0.5, 0.6) is 0 Å². The SMILES string of the molecule is C1CCC(CN2CCCC2C2CCCNC2)OC1. The maximum atomic E-state index is 5.92. The van der Waals surface area contributed by atoms with Crippen molar-refractivity contribution < 1.29 is 4.74 Å². The van der Waals surface area contributed by atoms with Crippen LogP contribution in [-0.2, 0) is 4.74 Å². The van der Waals surface area contributed by atoms with Gasteiger partial charge in [-0.2, -0.15) is 0 Å². The largest absolute Gasteiger partial charge is 0.377 e. The molecule has 3 heteroatoms. The van der Waals surface area contributed by atoms with Gasteiger partial charge in [-0.15, -0.1) is 0 Å². The first-order valence-corrected chi connectivity index (χ1v) is 8.00. The van der Waals surface area contributed by atoms with Crippen LogP contribution in [0, 0.1) is 5.92 Å². The second kappa shape index (κ2) is 6.36. The summed E-state index contributed by atoms with van der Waals surface area (Å²) in [4.78, 5) is 2.74. The van der Waals surface area contributed by atoms with E-state index >= 15 is 0 Å². The van der Waals surface area contributed by atoms with Gasteiger partial charge < -0.3 is 10.1 Å². The van der Waals surface area contributed by atoms with E-state index in [9.17, 15) is 0 Å². The lowest BCUT2D eigenvalue weighted by atomic mass is 9.90. The highest BCUT2D eigenvalue weighted by molar-refractivity contribution is 4.89. The third kappa shape index (κ3) is 3.06. The molecule has 3 heterocycles. The van der Waals surface area contributed by atoms with Crippen molar-refractivity contribution >= 4 is 0 Å². The summed E-state index contributed by atoms with van der Waals surface area (Å²) in [7, 11) is 0. The normalized spacial score (nSPS) is 39.0. The summed E-state index contributed by atoms with van der Waals surface area (Å²) < 4.78 is 5.92. The molecular formula is C15H28N2O. The molecule has 3 rings (SSSR count). The van der Waals surface area contributed by atoms with Gasteiger partial charge in [-0.25, -0.2) is 0 Å². The average Bonchev–Trinajstić information content (AvgIpc) is 2.89. The van der Waals surface area contributed by atoms with Crippen molar-refractivity contribution in [2.75, 3.05) is 32.8 Å². The van der Waals surface area contributed by atoms with Crippen molar-refractivity contribution in [1.82, 2.24) is 10.2 Å². The predicted octanol–water partition coefficient (Wildman–Crippen LogP) is 2.02. The third-order valence-electron chi connectivity index (χ3n) is 5.01. The van der Waals surface area contributed by atoms with E-state index in [-0.39, 0.29) is 0 Å². The third-order valence-corrected chi connectivity index (χ3v) is 5.01. The van der Waals surface area contributed by atoms with E-state index in [1.807, 2.05) is 0 Å². The fourth-order valence-corrected chi connectivity index (χ4v) is 4.03. The molecule has 104 valence electrons. The molecule has 0 saturated carbocycles. The standard InChI is InChI=1S/C15H28N2O/c1-2-10-18-14(6-1)12-17-9-4-7-15(17)13-5-3-8-16-11-13/h13-16H,1-12H2. The van der Waals surface area contributed by atoms with Gasteiger partial charge >= 0.3 is 0 Å². The van der Waals surface area contributed by atoms with Gasteiger partial charge in [0, 0.05) is 19.2 Å². The van der Waals surface area contributed by atoms with Crippen LogP contribution >= 0.6 is 0 Å². The van der Waals surface area contributed by atoms with Crippen LogP contribution in [0.25, 0.3) is 0 Å². The number of hydrogen-bond donors (Lipinski definition) is 1. The molecule has 18 heavy (non-hydrogen) atoms. The lowest BCUT2D eigenvalue weighted by molar-refractivity contribution is -0.0129. The van der Waals surface area contributed by atoms with E-state index < -0.39 is 0 Å². The molecule has 0 aromatic carbocycles. The fraction of sp³-hybridized carbons (Fsp3) is 1.00. The summed E-state index contributed by atoms with van der Waals surface area (Å²) in [6.45, 7) is 5.97. The van der Waals surface area contributed by atoms with Gasteiger partial charge in [0.2, 0.25) is 0 Å². The van der Waals surface area contributed by atoms with Crippen molar-refractivity contribution in [2.45, 2.75) is 57.1 Å². The molecule has 3 aliphatic heterocycles. The zero-order chi connectivity index (χ0) is 12.2. The second-order valence-corrected chi connectivity index (χ2v) is 6.30. The monoisotopic (exact) mass is 252 g/mol. The molecule has 1 N–H and O–H groups in total. The number of hydrogen-bond acceptors (Lipinski definition) is 3. The molecule has 0 aromatic heterocycles. The minimum atomic E-state index is 0.524. The Kier molecular flexibility index (Phi) is 4.55. The number of piperidine rings is 1. The summed E-state index contributed by atoms with van der Waals surface area (Å²) in [5.74, 6) is 0.893. The molecule has 0 aromatic rings. The van der Waals surface area contributed by atoms with Crippen LogP contribution in [-0.4, -0.2) is 49.8 Å². The zero-order valence-corrected chi connectivity index (χ0v) is 11.6. The van der Waals surface area contributed by atoms with E-state index in [2.05, 4.69) is 10.2 Å². The number of nitrogens with zero attached hydrogens (tertiary/aromatic N) is 1. The molecule has 0 amide bonds. The molecule has 0 spiro atoms. The quantitative estimate of drug-likeness (QED) is 0.831. The van der Waals surface area contributed by atoms with Crippen molar-refractivity contribution in [2.24, 2.45) is 5.92 Å². The summed E-state index contributed by atoms with van der Waals surface area (Å²) in [6, 6.07) is 0.836. The first kappa shape index (κ1) is 12.9. The van der Waals surface area contributed by atoms with Gasteiger partial charge in [0.25, 0.3) is 0 Å². The molecule has 3 aliphatic rings.